The third kappa shape index (κ3) is 8.20. The van der Waals surface area contributed by atoms with Crippen LogP contribution in [0.15, 0.2) is 97.1 Å². The average Bonchev–Trinajstić information content (AvgIpc) is 3.11. The van der Waals surface area contributed by atoms with Gasteiger partial charge in [-0.3, -0.25) is 0 Å². The minimum absolute atomic E-state index is 0.351. The zero-order chi connectivity index (χ0) is 33.2. The molecule has 1 aliphatic heterocycles. The SMILES string of the molecule is CO.COc1ccccc1P(CC1(CP(c2ccccc2OC)c2ccccc2OC)COC(C)(C)OC1)c1ccccc1OC. The second kappa shape index (κ2) is 16.6. The van der Waals surface area contributed by atoms with Crippen LogP contribution in [0.5, 0.6) is 23.0 Å². The minimum atomic E-state index is -0.959. The first-order valence-electron chi connectivity index (χ1n) is 15.1. The molecule has 0 aromatic heterocycles. The average molecular weight is 665 g/mol. The standard InChI is InChI=1S/C36H42O6P2.CH4O/c1-35(2)41-23-36(24-42-35,25-43(31-19-11-7-15-27(31)37-3)32-20-12-8-16-28(32)38-4)26-44(33-21-13-9-17-29(33)39-5)34-22-14-10-18-30(34)40-6;1-2/h7-22H,23-26H2,1-6H3;2H,1H3. The Labute approximate surface area is 276 Å². The predicted molar refractivity (Wildman–Crippen MR) is 191 cm³/mol. The third-order valence-electron chi connectivity index (χ3n) is 7.94. The molecule has 0 bridgehead atoms. The van der Waals surface area contributed by atoms with Gasteiger partial charge < -0.3 is 33.5 Å². The van der Waals surface area contributed by atoms with Crippen LogP contribution >= 0.6 is 15.8 Å². The summed E-state index contributed by atoms with van der Waals surface area (Å²) in [5, 5.41) is 11.7. The van der Waals surface area contributed by atoms with E-state index in [-0.39, 0.29) is 5.41 Å². The van der Waals surface area contributed by atoms with E-state index in [1.807, 2.05) is 62.4 Å². The van der Waals surface area contributed by atoms with E-state index in [0.717, 1.165) is 63.6 Å². The lowest BCUT2D eigenvalue weighted by Crippen LogP contribution is -2.51. The summed E-state index contributed by atoms with van der Waals surface area (Å²) in [5.41, 5.74) is -0.351. The minimum Gasteiger partial charge on any atom is -0.496 e. The Morgan fingerprint density at radius 3 is 1.04 bits per heavy atom. The third-order valence-corrected chi connectivity index (χ3v) is 13.7. The van der Waals surface area contributed by atoms with E-state index >= 15 is 0 Å². The fraction of sp³-hybridized carbons (Fsp3) is 0.351. The molecule has 1 heterocycles. The molecule has 46 heavy (non-hydrogen) atoms. The second-order valence-corrected chi connectivity index (χ2v) is 15.6. The highest BCUT2D eigenvalue weighted by Gasteiger charge is 2.45. The molecule has 5 rings (SSSR count). The highest BCUT2D eigenvalue weighted by molar-refractivity contribution is 7.74. The zero-order valence-electron chi connectivity index (χ0n) is 27.9. The molecular formula is C37H46O7P2. The molecule has 9 heteroatoms. The molecular weight excluding hydrogens is 618 g/mol. The lowest BCUT2D eigenvalue weighted by Gasteiger charge is -2.46. The molecule has 0 unspecified atom stereocenters. The van der Waals surface area contributed by atoms with Crippen LogP contribution in [0.2, 0.25) is 0 Å². The van der Waals surface area contributed by atoms with Crippen molar-refractivity contribution >= 4 is 37.1 Å². The van der Waals surface area contributed by atoms with Gasteiger partial charge in [0.15, 0.2) is 5.79 Å². The zero-order valence-corrected chi connectivity index (χ0v) is 29.6. The number of rotatable bonds is 12. The summed E-state index contributed by atoms with van der Waals surface area (Å²) in [6.45, 7) is 5.07. The van der Waals surface area contributed by atoms with Gasteiger partial charge in [-0.1, -0.05) is 72.8 Å². The molecule has 1 N–H and O–H groups in total. The largest absolute Gasteiger partial charge is 0.496 e. The molecule has 246 valence electrons. The van der Waals surface area contributed by atoms with Crippen LogP contribution in [-0.2, 0) is 9.47 Å². The van der Waals surface area contributed by atoms with Crippen molar-refractivity contribution in [1.82, 2.24) is 0 Å². The van der Waals surface area contributed by atoms with E-state index in [0.29, 0.717) is 13.2 Å². The molecule has 0 radical (unpaired) electrons. The van der Waals surface area contributed by atoms with Crippen molar-refractivity contribution in [1.29, 1.82) is 0 Å². The first kappa shape index (κ1) is 35.7. The number of ether oxygens (including phenoxy) is 6. The van der Waals surface area contributed by atoms with Gasteiger partial charge in [0.05, 0.1) is 41.7 Å². The normalized spacial score (nSPS) is 15.1. The molecule has 0 saturated carbocycles. The van der Waals surface area contributed by atoms with E-state index in [1.165, 1.54) is 0 Å². The van der Waals surface area contributed by atoms with Gasteiger partial charge in [-0.25, -0.2) is 0 Å². The molecule has 0 spiro atoms. The van der Waals surface area contributed by atoms with Crippen LogP contribution < -0.4 is 40.2 Å². The predicted octanol–water partition coefficient (Wildman–Crippen LogP) is 5.66. The van der Waals surface area contributed by atoms with Gasteiger partial charge in [0.1, 0.15) is 23.0 Å². The van der Waals surface area contributed by atoms with Gasteiger partial charge in [-0.2, -0.15) is 0 Å². The maximum atomic E-state index is 7.00. The van der Waals surface area contributed by atoms with Gasteiger partial charge in [0.25, 0.3) is 0 Å². The maximum Gasteiger partial charge on any atom is 0.162 e. The number of hydrogen-bond acceptors (Lipinski definition) is 7. The topological polar surface area (TPSA) is 75.6 Å². The van der Waals surface area contributed by atoms with Crippen molar-refractivity contribution in [2.45, 2.75) is 19.6 Å². The Bertz CT molecular complexity index is 1340. The van der Waals surface area contributed by atoms with Crippen molar-refractivity contribution in [3.05, 3.63) is 97.1 Å². The van der Waals surface area contributed by atoms with Crippen LogP contribution in [0.4, 0.5) is 0 Å². The second-order valence-electron chi connectivity index (χ2n) is 11.3. The smallest absolute Gasteiger partial charge is 0.162 e. The molecule has 0 aliphatic carbocycles. The van der Waals surface area contributed by atoms with E-state index < -0.39 is 21.6 Å². The summed E-state index contributed by atoms with van der Waals surface area (Å²) in [5.74, 6) is 2.81. The summed E-state index contributed by atoms with van der Waals surface area (Å²) < 4.78 is 36.8. The Morgan fingerprint density at radius 1 is 0.522 bits per heavy atom. The summed E-state index contributed by atoms with van der Waals surface area (Å²) in [6, 6.07) is 33.3. The molecule has 4 aromatic rings. The van der Waals surface area contributed by atoms with Gasteiger partial charge in [-0.05, 0) is 66.3 Å². The molecule has 1 fully saturated rings. The van der Waals surface area contributed by atoms with Gasteiger partial charge >= 0.3 is 0 Å². The van der Waals surface area contributed by atoms with Crippen molar-refractivity contribution < 1.29 is 33.5 Å². The first-order chi connectivity index (χ1) is 22.3. The molecule has 1 saturated heterocycles. The monoisotopic (exact) mass is 664 g/mol. The number of methoxy groups -OCH3 is 4. The van der Waals surface area contributed by atoms with Crippen molar-refractivity contribution in [2.24, 2.45) is 5.41 Å². The van der Waals surface area contributed by atoms with E-state index in [2.05, 4.69) is 48.5 Å². The number of aliphatic hydroxyl groups is 1. The van der Waals surface area contributed by atoms with Gasteiger partial charge in [-0.15, -0.1) is 0 Å². The number of para-hydroxylation sites is 4. The Kier molecular flexibility index (Phi) is 12.9. The van der Waals surface area contributed by atoms with Gasteiger partial charge in [0, 0.05) is 33.7 Å². The van der Waals surface area contributed by atoms with E-state index in [9.17, 15) is 0 Å². The Balaban J connectivity index is 0.00000235. The molecule has 4 aromatic carbocycles. The summed E-state index contributed by atoms with van der Waals surface area (Å²) in [7, 11) is 6.03. The van der Waals surface area contributed by atoms with Crippen molar-refractivity contribution in [3.63, 3.8) is 0 Å². The lowest BCUT2D eigenvalue weighted by molar-refractivity contribution is -0.277. The summed E-state index contributed by atoms with van der Waals surface area (Å²) in [6.07, 6.45) is 1.62. The Morgan fingerprint density at radius 2 is 0.783 bits per heavy atom. The number of hydrogen-bond donors (Lipinski definition) is 1. The fourth-order valence-corrected chi connectivity index (χ4v) is 11.8. The highest BCUT2D eigenvalue weighted by atomic mass is 31.1. The van der Waals surface area contributed by atoms with Gasteiger partial charge in [0.2, 0.25) is 0 Å². The number of aliphatic hydroxyl groups excluding tert-OH is 1. The molecule has 0 amide bonds. The molecule has 7 nitrogen and oxygen atoms in total. The fourth-order valence-electron chi connectivity index (χ4n) is 5.65. The van der Waals surface area contributed by atoms with Crippen LogP contribution in [0.25, 0.3) is 0 Å². The van der Waals surface area contributed by atoms with E-state index in [4.69, 9.17) is 33.5 Å². The van der Waals surface area contributed by atoms with Crippen LogP contribution in [0, 0.1) is 5.41 Å². The van der Waals surface area contributed by atoms with Crippen LogP contribution in [0.1, 0.15) is 13.8 Å². The first-order valence-corrected chi connectivity index (χ1v) is 18.2. The summed E-state index contributed by atoms with van der Waals surface area (Å²) in [4.78, 5) is 0. The lowest BCUT2D eigenvalue weighted by atomic mass is 9.94. The van der Waals surface area contributed by atoms with E-state index in [1.54, 1.807) is 28.4 Å². The number of benzene rings is 4. The van der Waals surface area contributed by atoms with Crippen LogP contribution in [0.3, 0.4) is 0 Å². The van der Waals surface area contributed by atoms with Crippen molar-refractivity contribution in [2.75, 3.05) is 61.1 Å². The quantitative estimate of drug-likeness (QED) is 0.196. The Hall–Kier alpha value is -3.18. The summed E-state index contributed by atoms with van der Waals surface area (Å²) >= 11 is 0. The molecule has 0 atom stereocenters. The molecule has 1 aliphatic rings. The van der Waals surface area contributed by atoms with Crippen molar-refractivity contribution in [3.8, 4) is 23.0 Å². The maximum absolute atomic E-state index is 7.00. The van der Waals surface area contributed by atoms with Crippen LogP contribution in [-0.4, -0.2) is 72.0 Å². The highest BCUT2D eigenvalue weighted by Crippen LogP contribution is 2.53.